The van der Waals surface area contributed by atoms with Crippen molar-refractivity contribution in [3.8, 4) is 0 Å². The Balaban J connectivity index is 2.02. The summed E-state index contributed by atoms with van der Waals surface area (Å²) in [7, 11) is 0. The van der Waals surface area contributed by atoms with E-state index in [-0.39, 0.29) is 5.78 Å². The molecule has 1 aliphatic rings. The third-order valence-electron chi connectivity index (χ3n) is 5.09. The van der Waals surface area contributed by atoms with Crippen molar-refractivity contribution in [1.29, 1.82) is 0 Å². The minimum atomic E-state index is 0.271. The molecule has 1 atom stereocenters. The molecular weight excluding hydrogens is 284 g/mol. The zero-order chi connectivity index (χ0) is 16.4. The molecule has 0 saturated carbocycles. The fraction of sp³-hybridized carbons (Fsp3) is 0.550. The van der Waals surface area contributed by atoms with Gasteiger partial charge in [0.15, 0.2) is 5.78 Å². The Labute approximate surface area is 139 Å². The van der Waals surface area contributed by atoms with E-state index in [2.05, 4.69) is 36.0 Å². The molecule has 1 heterocycles. The smallest absolute Gasteiger partial charge is 0.162 e. The van der Waals surface area contributed by atoms with Gasteiger partial charge in [-0.15, -0.1) is 0 Å². The molecule has 1 aliphatic carbocycles. The topological polar surface area (TPSA) is 36.1 Å². The van der Waals surface area contributed by atoms with Gasteiger partial charge in [-0.2, -0.15) is 0 Å². The molecule has 1 N–H and O–H groups in total. The SMILES string of the molecule is CCCN(CCC)C1Cc2c[nH]c3ccc(C(=O)CC)c(c23)C1. The molecule has 0 spiro atoms. The first-order chi connectivity index (χ1) is 11.2. The van der Waals surface area contributed by atoms with Crippen molar-refractivity contribution in [2.45, 2.75) is 58.9 Å². The first-order valence-corrected chi connectivity index (χ1v) is 9.08. The minimum absolute atomic E-state index is 0.271. The number of nitrogens with one attached hydrogen (secondary N) is 1. The highest BCUT2D eigenvalue weighted by Crippen LogP contribution is 2.34. The summed E-state index contributed by atoms with van der Waals surface area (Å²) in [5.74, 6) is 0.271. The molecule has 3 heteroatoms. The number of hydrogen-bond acceptors (Lipinski definition) is 2. The number of rotatable bonds is 7. The van der Waals surface area contributed by atoms with Crippen molar-refractivity contribution >= 4 is 16.7 Å². The first kappa shape index (κ1) is 16.3. The monoisotopic (exact) mass is 312 g/mol. The zero-order valence-corrected chi connectivity index (χ0v) is 14.6. The van der Waals surface area contributed by atoms with Gasteiger partial charge in [-0.05, 0) is 62.0 Å². The number of ketones is 1. The Bertz CT molecular complexity index is 695. The number of aromatic nitrogens is 1. The van der Waals surface area contributed by atoms with Crippen LogP contribution >= 0.6 is 0 Å². The lowest BCUT2D eigenvalue weighted by molar-refractivity contribution is 0.0986. The number of H-pyrrole nitrogens is 1. The number of aromatic amines is 1. The maximum absolute atomic E-state index is 12.4. The maximum Gasteiger partial charge on any atom is 0.162 e. The molecule has 1 aromatic heterocycles. The van der Waals surface area contributed by atoms with Crippen molar-refractivity contribution in [3.63, 3.8) is 0 Å². The van der Waals surface area contributed by atoms with Crippen LogP contribution < -0.4 is 0 Å². The van der Waals surface area contributed by atoms with E-state index in [0.29, 0.717) is 12.5 Å². The largest absolute Gasteiger partial charge is 0.361 e. The van der Waals surface area contributed by atoms with E-state index in [0.717, 1.165) is 31.5 Å². The zero-order valence-electron chi connectivity index (χ0n) is 14.6. The van der Waals surface area contributed by atoms with Crippen LogP contribution in [0.15, 0.2) is 18.3 Å². The summed E-state index contributed by atoms with van der Waals surface area (Å²) in [6, 6.07) is 4.62. The summed E-state index contributed by atoms with van der Waals surface area (Å²) in [4.78, 5) is 18.4. The average Bonchev–Trinajstić information content (AvgIpc) is 2.98. The van der Waals surface area contributed by atoms with Crippen LogP contribution in [0.25, 0.3) is 10.9 Å². The molecule has 2 aromatic rings. The molecule has 3 nitrogen and oxygen atoms in total. The van der Waals surface area contributed by atoms with Crippen molar-refractivity contribution in [2.75, 3.05) is 13.1 Å². The van der Waals surface area contributed by atoms with Crippen molar-refractivity contribution < 1.29 is 4.79 Å². The van der Waals surface area contributed by atoms with E-state index in [1.807, 2.05) is 13.0 Å². The van der Waals surface area contributed by atoms with Gasteiger partial charge in [-0.25, -0.2) is 0 Å². The predicted octanol–water partition coefficient (Wildman–Crippen LogP) is 4.35. The number of Topliss-reactive ketones (excluding diaryl/α,β-unsaturated/α-hetero) is 1. The quantitative estimate of drug-likeness (QED) is 0.772. The van der Waals surface area contributed by atoms with Gasteiger partial charge >= 0.3 is 0 Å². The second kappa shape index (κ2) is 6.88. The van der Waals surface area contributed by atoms with E-state index in [1.165, 1.54) is 34.9 Å². The van der Waals surface area contributed by atoms with E-state index < -0.39 is 0 Å². The Morgan fingerprint density at radius 2 is 1.91 bits per heavy atom. The van der Waals surface area contributed by atoms with Crippen molar-refractivity contribution in [1.82, 2.24) is 9.88 Å². The molecule has 1 aromatic carbocycles. The summed E-state index contributed by atoms with van der Waals surface area (Å²) < 4.78 is 0. The third kappa shape index (κ3) is 2.94. The summed E-state index contributed by atoms with van der Waals surface area (Å²) in [6.07, 6.45) is 7.19. The van der Waals surface area contributed by atoms with Crippen LogP contribution in [0.5, 0.6) is 0 Å². The number of carbonyl (C=O) groups is 1. The molecule has 0 fully saturated rings. The number of benzene rings is 1. The Kier molecular flexibility index (Phi) is 4.86. The second-order valence-electron chi connectivity index (χ2n) is 6.70. The van der Waals surface area contributed by atoms with Gasteiger partial charge < -0.3 is 4.98 Å². The molecule has 3 rings (SSSR count). The van der Waals surface area contributed by atoms with Gasteiger partial charge in [0.2, 0.25) is 0 Å². The standard InChI is InChI=1S/C20H28N2O/c1-4-9-22(10-5-2)15-11-14-13-21-18-8-7-16(19(23)6-3)17(12-15)20(14)18/h7-8,13,15,21H,4-6,9-12H2,1-3H3. The maximum atomic E-state index is 12.4. The summed E-state index contributed by atoms with van der Waals surface area (Å²) in [5, 5.41) is 1.31. The Morgan fingerprint density at radius 3 is 2.57 bits per heavy atom. The highest BCUT2D eigenvalue weighted by molar-refractivity contribution is 6.03. The fourth-order valence-electron chi connectivity index (χ4n) is 4.07. The van der Waals surface area contributed by atoms with E-state index >= 15 is 0 Å². The first-order valence-electron chi connectivity index (χ1n) is 9.08. The normalized spacial score (nSPS) is 17.1. The lowest BCUT2D eigenvalue weighted by Gasteiger charge is -2.34. The van der Waals surface area contributed by atoms with E-state index in [1.54, 1.807) is 0 Å². The summed E-state index contributed by atoms with van der Waals surface area (Å²) in [6.45, 7) is 8.74. The van der Waals surface area contributed by atoms with Crippen LogP contribution in [0.4, 0.5) is 0 Å². The van der Waals surface area contributed by atoms with Crippen LogP contribution in [0.1, 0.15) is 61.5 Å². The second-order valence-corrected chi connectivity index (χ2v) is 6.70. The number of nitrogens with zero attached hydrogens (tertiary/aromatic N) is 1. The number of hydrogen-bond donors (Lipinski definition) is 1. The molecule has 124 valence electrons. The van der Waals surface area contributed by atoms with Crippen molar-refractivity contribution in [2.24, 2.45) is 0 Å². The van der Waals surface area contributed by atoms with E-state index in [9.17, 15) is 4.79 Å². The molecule has 0 radical (unpaired) electrons. The highest BCUT2D eigenvalue weighted by Gasteiger charge is 2.28. The van der Waals surface area contributed by atoms with Crippen molar-refractivity contribution in [3.05, 3.63) is 35.0 Å². The average molecular weight is 312 g/mol. The molecule has 1 unspecified atom stereocenters. The fourth-order valence-corrected chi connectivity index (χ4v) is 4.07. The number of carbonyl (C=O) groups excluding carboxylic acids is 1. The molecule has 0 saturated heterocycles. The molecular formula is C20H28N2O. The lowest BCUT2D eigenvalue weighted by atomic mass is 9.84. The van der Waals surface area contributed by atoms with Crippen LogP contribution in [-0.4, -0.2) is 34.8 Å². The Morgan fingerprint density at radius 1 is 1.17 bits per heavy atom. The van der Waals surface area contributed by atoms with Gasteiger partial charge in [-0.3, -0.25) is 9.69 Å². The van der Waals surface area contributed by atoms with E-state index in [4.69, 9.17) is 0 Å². The van der Waals surface area contributed by atoms with Gasteiger partial charge in [0.25, 0.3) is 0 Å². The lowest BCUT2D eigenvalue weighted by Crippen LogP contribution is -2.41. The minimum Gasteiger partial charge on any atom is -0.361 e. The molecule has 0 bridgehead atoms. The van der Waals surface area contributed by atoms with Crippen LogP contribution in [0.3, 0.4) is 0 Å². The third-order valence-corrected chi connectivity index (χ3v) is 5.09. The van der Waals surface area contributed by atoms with Crippen LogP contribution in [-0.2, 0) is 12.8 Å². The summed E-state index contributed by atoms with van der Waals surface area (Å²) >= 11 is 0. The summed E-state index contributed by atoms with van der Waals surface area (Å²) in [5.41, 5.74) is 4.78. The van der Waals surface area contributed by atoms with Crippen LogP contribution in [0.2, 0.25) is 0 Å². The van der Waals surface area contributed by atoms with Gasteiger partial charge in [-0.1, -0.05) is 20.8 Å². The highest BCUT2D eigenvalue weighted by atomic mass is 16.1. The van der Waals surface area contributed by atoms with Gasteiger partial charge in [0.05, 0.1) is 0 Å². The van der Waals surface area contributed by atoms with Crippen LogP contribution in [0, 0.1) is 0 Å². The molecule has 0 amide bonds. The van der Waals surface area contributed by atoms with Gasteiger partial charge in [0.1, 0.15) is 0 Å². The molecule has 23 heavy (non-hydrogen) atoms. The predicted molar refractivity (Wildman–Crippen MR) is 96.3 cm³/mol. The Hall–Kier alpha value is -1.61. The van der Waals surface area contributed by atoms with Gasteiger partial charge in [0, 0.05) is 35.1 Å². The molecule has 0 aliphatic heterocycles.